The summed E-state index contributed by atoms with van der Waals surface area (Å²) in [6.07, 6.45) is 2.47. The number of halogens is 1. The Balaban J connectivity index is 1.28. The molecule has 2 heterocycles. The summed E-state index contributed by atoms with van der Waals surface area (Å²) in [7, 11) is -3.79. The van der Waals surface area contributed by atoms with Crippen LogP contribution in [0.25, 0.3) is 0 Å². The molecule has 8 nitrogen and oxygen atoms in total. The Bertz CT molecular complexity index is 1100. The van der Waals surface area contributed by atoms with E-state index >= 15 is 0 Å². The molecule has 3 amide bonds. The maximum absolute atomic E-state index is 13.2. The Morgan fingerprint density at radius 2 is 1.59 bits per heavy atom. The monoisotopic (exact) mass is 488 g/mol. The van der Waals surface area contributed by atoms with E-state index in [0.717, 1.165) is 17.8 Å². The number of benzene rings is 2. The fraction of sp³-hybridized carbons (Fsp3) is 0.417. The minimum atomic E-state index is -3.79. The minimum absolute atomic E-state index is 0.0242. The minimum Gasteiger partial charge on any atom is -0.353 e. The van der Waals surface area contributed by atoms with Crippen molar-refractivity contribution in [2.24, 2.45) is 5.92 Å². The van der Waals surface area contributed by atoms with Gasteiger partial charge in [-0.3, -0.25) is 4.79 Å². The number of anilines is 1. The van der Waals surface area contributed by atoms with E-state index in [2.05, 4.69) is 10.6 Å². The van der Waals surface area contributed by atoms with E-state index in [-0.39, 0.29) is 29.4 Å². The number of likely N-dealkylation sites (tertiary alicyclic amines) is 1. The smallest absolute Gasteiger partial charge is 0.321 e. The predicted molar refractivity (Wildman–Crippen MR) is 126 cm³/mol. The van der Waals surface area contributed by atoms with Crippen molar-refractivity contribution in [3.8, 4) is 0 Å². The van der Waals surface area contributed by atoms with Crippen LogP contribution in [0.15, 0.2) is 59.5 Å². The number of carbonyl (C=O) groups is 2. The fourth-order valence-electron chi connectivity index (χ4n) is 4.40. The van der Waals surface area contributed by atoms with Crippen LogP contribution in [0.2, 0.25) is 0 Å². The zero-order chi connectivity index (χ0) is 24.1. The fourth-order valence-corrected chi connectivity index (χ4v) is 5.92. The molecule has 0 aromatic heterocycles. The van der Waals surface area contributed by atoms with E-state index in [0.29, 0.717) is 45.3 Å². The lowest BCUT2D eigenvalue weighted by Crippen LogP contribution is -2.51. The summed E-state index contributed by atoms with van der Waals surface area (Å²) in [5.74, 6) is -1.10. The second-order valence-electron chi connectivity index (χ2n) is 8.72. The van der Waals surface area contributed by atoms with E-state index in [1.807, 2.05) is 30.3 Å². The molecule has 0 saturated carbocycles. The van der Waals surface area contributed by atoms with Crippen LogP contribution >= 0.6 is 0 Å². The van der Waals surface area contributed by atoms with E-state index in [1.165, 1.54) is 16.4 Å². The lowest BCUT2D eigenvalue weighted by atomic mass is 9.97. The topological polar surface area (TPSA) is 98.8 Å². The predicted octanol–water partition coefficient (Wildman–Crippen LogP) is 3.04. The van der Waals surface area contributed by atoms with Crippen LogP contribution in [0.4, 0.5) is 14.9 Å². The molecule has 2 aromatic carbocycles. The van der Waals surface area contributed by atoms with Crippen LogP contribution < -0.4 is 10.6 Å². The molecule has 2 aromatic rings. The number of rotatable bonds is 5. The first kappa shape index (κ1) is 24.2. The molecule has 2 aliphatic heterocycles. The molecule has 0 aliphatic carbocycles. The maximum atomic E-state index is 13.2. The average Bonchev–Trinajstić information content (AvgIpc) is 2.85. The first-order valence-electron chi connectivity index (χ1n) is 11.5. The number of hydrogen-bond acceptors (Lipinski definition) is 4. The van der Waals surface area contributed by atoms with Gasteiger partial charge < -0.3 is 15.5 Å². The molecule has 34 heavy (non-hydrogen) atoms. The van der Waals surface area contributed by atoms with Gasteiger partial charge in [0.05, 0.1) is 10.8 Å². The molecule has 4 rings (SSSR count). The number of nitrogens with zero attached hydrogens (tertiary/aromatic N) is 2. The van der Waals surface area contributed by atoms with E-state index in [1.54, 1.807) is 4.90 Å². The molecule has 0 spiro atoms. The number of urea groups is 1. The number of nitrogens with one attached hydrogen (secondary N) is 2. The number of carbonyl (C=O) groups excluding carboxylic acids is 2. The number of sulfonamides is 1. The third kappa shape index (κ3) is 5.74. The normalized spacial score (nSPS) is 20.0. The molecule has 2 aliphatic rings. The summed E-state index contributed by atoms with van der Waals surface area (Å²) in [6.45, 7) is 1.49. The second-order valence-corrected chi connectivity index (χ2v) is 10.7. The highest BCUT2D eigenvalue weighted by Crippen LogP contribution is 2.25. The highest BCUT2D eigenvalue weighted by atomic mass is 32.2. The summed E-state index contributed by atoms with van der Waals surface area (Å²) >= 11 is 0. The largest absolute Gasteiger partial charge is 0.353 e. The first-order valence-corrected chi connectivity index (χ1v) is 12.9. The lowest BCUT2D eigenvalue weighted by Gasteiger charge is -2.35. The Hall–Kier alpha value is -2.98. The summed E-state index contributed by atoms with van der Waals surface area (Å²) in [5.41, 5.74) is 0.736. The van der Waals surface area contributed by atoms with Gasteiger partial charge >= 0.3 is 6.03 Å². The lowest BCUT2D eigenvalue weighted by molar-refractivity contribution is -0.127. The molecule has 0 radical (unpaired) electrons. The van der Waals surface area contributed by atoms with Gasteiger partial charge in [0.2, 0.25) is 15.9 Å². The number of piperidine rings is 2. The van der Waals surface area contributed by atoms with E-state index < -0.39 is 21.8 Å². The summed E-state index contributed by atoms with van der Waals surface area (Å²) in [6, 6.07) is 13.8. The van der Waals surface area contributed by atoms with Gasteiger partial charge in [0.15, 0.2) is 0 Å². The SMILES string of the molecule is O=C(NC1CCN(C(=O)Nc2ccccc2)CC1)C1CCCN(S(=O)(=O)c2ccc(F)cc2)C1. The molecule has 2 N–H and O–H groups in total. The van der Waals surface area contributed by atoms with Gasteiger partial charge in [-0.2, -0.15) is 4.31 Å². The van der Waals surface area contributed by atoms with Gasteiger partial charge in [0.1, 0.15) is 5.82 Å². The van der Waals surface area contributed by atoms with Crippen LogP contribution in [0.5, 0.6) is 0 Å². The van der Waals surface area contributed by atoms with Crippen molar-refractivity contribution in [1.29, 1.82) is 0 Å². The Morgan fingerprint density at radius 1 is 0.912 bits per heavy atom. The average molecular weight is 489 g/mol. The molecular weight excluding hydrogens is 459 g/mol. The summed E-state index contributed by atoms with van der Waals surface area (Å²) < 4.78 is 40.3. The number of para-hydroxylation sites is 1. The molecule has 2 saturated heterocycles. The van der Waals surface area contributed by atoms with Crippen LogP contribution in [-0.4, -0.2) is 61.8 Å². The molecule has 1 atom stereocenters. The van der Waals surface area contributed by atoms with Gasteiger partial charge in [0.25, 0.3) is 0 Å². The molecule has 1 unspecified atom stereocenters. The summed E-state index contributed by atoms with van der Waals surface area (Å²) in [5, 5.41) is 5.92. The molecule has 0 bridgehead atoms. The standard InChI is InChI=1S/C24H29FN4O4S/c25-19-8-10-22(11-9-19)34(32,33)29-14-4-5-18(17-29)23(30)26-21-12-15-28(16-13-21)24(31)27-20-6-2-1-3-7-20/h1-3,6-11,18,21H,4-5,12-17H2,(H,26,30)(H,27,31). The van der Waals surface area contributed by atoms with Crippen molar-refractivity contribution in [2.45, 2.75) is 36.6 Å². The van der Waals surface area contributed by atoms with Crippen LogP contribution in [0.1, 0.15) is 25.7 Å². The zero-order valence-electron chi connectivity index (χ0n) is 18.8. The van der Waals surface area contributed by atoms with Crippen molar-refractivity contribution in [3.63, 3.8) is 0 Å². The van der Waals surface area contributed by atoms with Crippen molar-refractivity contribution < 1.29 is 22.4 Å². The van der Waals surface area contributed by atoms with E-state index in [9.17, 15) is 22.4 Å². The van der Waals surface area contributed by atoms with E-state index in [4.69, 9.17) is 0 Å². The Labute approximate surface area is 199 Å². The third-order valence-electron chi connectivity index (χ3n) is 6.36. The van der Waals surface area contributed by atoms with Crippen molar-refractivity contribution in [3.05, 3.63) is 60.4 Å². The Morgan fingerprint density at radius 3 is 2.26 bits per heavy atom. The van der Waals surface area contributed by atoms with Crippen LogP contribution in [-0.2, 0) is 14.8 Å². The number of amides is 3. The van der Waals surface area contributed by atoms with Crippen LogP contribution in [0.3, 0.4) is 0 Å². The maximum Gasteiger partial charge on any atom is 0.321 e. The van der Waals surface area contributed by atoms with Crippen molar-refractivity contribution in [2.75, 3.05) is 31.5 Å². The highest BCUT2D eigenvalue weighted by Gasteiger charge is 2.34. The Kier molecular flexibility index (Phi) is 7.47. The van der Waals surface area contributed by atoms with Gasteiger partial charge in [-0.15, -0.1) is 0 Å². The zero-order valence-corrected chi connectivity index (χ0v) is 19.6. The van der Waals surface area contributed by atoms with Crippen molar-refractivity contribution >= 4 is 27.6 Å². The number of hydrogen-bond donors (Lipinski definition) is 2. The van der Waals surface area contributed by atoms with Gasteiger partial charge in [-0.25, -0.2) is 17.6 Å². The second kappa shape index (κ2) is 10.5. The van der Waals surface area contributed by atoms with Gasteiger partial charge in [-0.1, -0.05) is 18.2 Å². The molecule has 10 heteroatoms. The van der Waals surface area contributed by atoms with Crippen LogP contribution in [0, 0.1) is 11.7 Å². The van der Waals surface area contributed by atoms with Gasteiger partial charge in [-0.05, 0) is 62.1 Å². The molecule has 182 valence electrons. The van der Waals surface area contributed by atoms with Crippen molar-refractivity contribution in [1.82, 2.24) is 14.5 Å². The third-order valence-corrected chi connectivity index (χ3v) is 8.24. The molecular formula is C24H29FN4O4S. The molecule has 2 fully saturated rings. The first-order chi connectivity index (χ1) is 16.3. The quantitative estimate of drug-likeness (QED) is 0.676. The summed E-state index contributed by atoms with van der Waals surface area (Å²) in [4.78, 5) is 27.1. The highest BCUT2D eigenvalue weighted by molar-refractivity contribution is 7.89. The van der Waals surface area contributed by atoms with Gasteiger partial charge in [0, 0.05) is 37.9 Å².